The highest BCUT2D eigenvalue weighted by Gasteiger charge is 2.13. The Hall–Kier alpha value is -1.79. The number of nitrogens with one attached hydrogen (secondary N) is 1. The van der Waals surface area contributed by atoms with Crippen molar-refractivity contribution in [2.45, 2.75) is 27.7 Å². The molecule has 0 aliphatic heterocycles. The van der Waals surface area contributed by atoms with Crippen molar-refractivity contribution in [1.29, 1.82) is 0 Å². The first-order chi connectivity index (χ1) is 9.45. The van der Waals surface area contributed by atoms with Gasteiger partial charge in [-0.2, -0.15) is 0 Å². The third-order valence-electron chi connectivity index (χ3n) is 3.47. The highest BCUT2D eigenvalue weighted by Crippen LogP contribution is 2.12. The lowest BCUT2D eigenvalue weighted by atomic mass is 9.98. The van der Waals surface area contributed by atoms with Crippen LogP contribution in [0.1, 0.15) is 42.3 Å². The highest BCUT2D eigenvalue weighted by molar-refractivity contribution is 5.96. The van der Waals surface area contributed by atoms with Gasteiger partial charge in [-0.05, 0) is 30.9 Å². The number of amides is 1. The van der Waals surface area contributed by atoms with Crippen LogP contribution in [-0.2, 0) is 0 Å². The van der Waals surface area contributed by atoms with Gasteiger partial charge in [0.05, 0.1) is 12.1 Å². The summed E-state index contributed by atoms with van der Waals surface area (Å²) in [5, 5.41) is 2.99. The summed E-state index contributed by atoms with van der Waals surface area (Å²) in [5.41, 5.74) is 7.80. The fraction of sp³-hybridized carbons (Fsp3) is 0.471. The highest BCUT2D eigenvalue weighted by atomic mass is 16.1. The second kappa shape index (κ2) is 7.72. The summed E-state index contributed by atoms with van der Waals surface area (Å²) >= 11 is 0. The SMILES string of the molecule is Cc1ccc(C#CCN)c(C(=O)NCC(C)C(C)C)c1. The molecule has 0 heterocycles. The van der Waals surface area contributed by atoms with E-state index in [1.165, 1.54) is 0 Å². The minimum atomic E-state index is -0.0671. The number of rotatable bonds is 4. The predicted molar refractivity (Wildman–Crippen MR) is 83.4 cm³/mol. The summed E-state index contributed by atoms with van der Waals surface area (Å²) < 4.78 is 0. The van der Waals surface area contributed by atoms with E-state index in [2.05, 4.69) is 37.9 Å². The third-order valence-corrected chi connectivity index (χ3v) is 3.47. The molecule has 0 bridgehead atoms. The Morgan fingerprint density at radius 1 is 1.35 bits per heavy atom. The van der Waals surface area contributed by atoms with Crippen LogP contribution in [0.5, 0.6) is 0 Å². The predicted octanol–water partition coefficient (Wildman–Crippen LogP) is 2.33. The zero-order valence-corrected chi connectivity index (χ0v) is 12.8. The Labute approximate surface area is 121 Å². The standard InChI is InChI=1S/C17H24N2O/c1-12(2)14(4)11-19-17(20)16-10-13(3)7-8-15(16)6-5-9-18/h7-8,10,12,14H,9,11,18H2,1-4H3,(H,19,20). The maximum atomic E-state index is 12.3. The van der Waals surface area contributed by atoms with Gasteiger partial charge < -0.3 is 11.1 Å². The Balaban J connectivity index is 2.88. The van der Waals surface area contributed by atoms with Gasteiger partial charge in [0.2, 0.25) is 0 Å². The van der Waals surface area contributed by atoms with Crippen LogP contribution < -0.4 is 11.1 Å². The van der Waals surface area contributed by atoms with Crippen LogP contribution in [0.15, 0.2) is 18.2 Å². The molecular formula is C17H24N2O. The fourth-order valence-electron chi connectivity index (χ4n) is 1.69. The summed E-state index contributed by atoms with van der Waals surface area (Å²) in [4.78, 5) is 12.3. The molecule has 1 aromatic rings. The van der Waals surface area contributed by atoms with E-state index in [1.54, 1.807) is 0 Å². The zero-order valence-electron chi connectivity index (χ0n) is 12.8. The Morgan fingerprint density at radius 2 is 2.05 bits per heavy atom. The van der Waals surface area contributed by atoms with Crippen molar-refractivity contribution >= 4 is 5.91 Å². The van der Waals surface area contributed by atoms with Gasteiger partial charge in [-0.3, -0.25) is 4.79 Å². The van der Waals surface area contributed by atoms with Crippen LogP contribution in [-0.4, -0.2) is 19.0 Å². The fourth-order valence-corrected chi connectivity index (χ4v) is 1.69. The molecule has 0 aromatic heterocycles. The number of benzene rings is 1. The van der Waals surface area contributed by atoms with Gasteiger partial charge in [-0.25, -0.2) is 0 Å². The molecule has 0 aliphatic carbocycles. The van der Waals surface area contributed by atoms with Gasteiger partial charge in [-0.15, -0.1) is 0 Å². The topological polar surface area (TPSA) is 55.1 Å². The molecule has 1 rings (SSSR count). The van der Waals surface area contributed by atoms with E-state index in [0.29, 0.717) is 30.5 Å². The Bertz CT molecular complexity index is 524. The average molecular weight is 272 g/mol. The van der Waals surface area contributed by atoms with Crippen molar-refractivity contribution in [3.63, 3.8) is 0 Å². The van der Waals surface area contributed by atoms with Crippen molar-refractivity contribution in [2.75, 3.05) is 13.1 Å². The van der Waals surface area contributed by atoms with Crippen LogP contribution in [0.4, 0.5) is 0 Å². The minimum Gasteiger partial charge on any atom is -0.352 e. The summed E-state index contributed by atoms with van der Waals surface area (Å²) in [6.45, 7) is 9.38. The number of carbonyl (C=O) groups excluding carboxylic acids is 1. The lowest BCUT2D eigenvalue weighted by Crippen LogP contribution is -2.30. The van der Waals surface area contributed by atoms with Gasteiger partial charge in [-0.1, -0.05) is 44.2 Å². The van der Waals surface area contributed by atoms with Crippen molar-refractivity contribution in [2.24, 2.45) is 17.6 Å². The Morgan fingerprint density at radius 3 is 2.65 bits per heavy atom. The lowest BCUT2D eigenvalue weighted by molar-refractivity contribution is 0.0944. The van der Waals surface area contributed by atoms with Crippen molar-refractivity contribution in [1.82, 2.24) is 5.32 Å². The molecule has 1 amide bonds. The molecule has 0 fully saturated rings. The van der Waals surface area contributed by atoms with Crippen LogP contribution in [0.2, 0.25) is 0 Å². The molecule has 1 unspecified atom stereocenters. The van der Waals surface area contributed by atoms with E-state index in [4.69, 9.17) is 5.73 Å². The summed E-state index contributed by atoms with van der Waals surface area (Å²) in [6, 6.07) is 5.70. The molecule has 0 spiro atoms. The van der Waals surface area contributed by atoms with Crippen molar-refractivity contribution in [3.8, 4) is 11.8 Å². The molecule has 0 radical (unpaired) electrons. The first kappa shape index (κ1) is 16.3. The second-order valence-electron chi connectivity index (χ2n) is 5.49. The monoisotopic (exact) mass is 272 g/mol. The van der Waals surface area contributed by atoms with Gasteiger partial charge in [0.15, 0.2) is 0 Å². The number of hydrogen-bond acceptors (Lipinski definition) is 2. The number of hydrogen-bond donors (Lipinski definition) is 2. The molecular weight excluding hydrogens is 248 g/mol. The van der Waals surface area contributed by atoms with Crippen molar-refractivity contribution in [3.05, 3.63) is 34.9 Å². The summed E-state index contributed by atoms with van der Waals surface area (Å²) in [5.74, 6) is 6.68. The second-order valence-corrected chi connectivity index (χ2v) is 5.49. The smallest absolute Gasteiger partial charge is 0.252 e. The molecule has 1 atom stereocenters. The maximum absolute atomic E-state index is 12.3. The van der Waals surface area contributed by atoms with E-state index < -0.39 is 0 Å². The quantitative estimate of drug-likeness (QED) is 0.827. The molecule has 0 aliphatic rings. The molecule has 108 valence electrons. The molecule has 3 heteroatoms. The van der Waals surface area contributed by atoms with Crippen LogP contribution in [0, 0.1) is 30.6 Å². The van der Waals surface area contributed by atoms with Gasteiger partial charge in [0.25, 0.3) is 5.91 Å². The van der Waals surface area contributed by atoms with Gasteiger partial charge in [0.1, 0.15) is 0 Å². The van der Waals surface area contributed by atoms with Crippen LogP contribution in [0.25, 0.3) is 0 Å². The zero-order chi connectivity index (χ0) is 15.1. The maximum Gasteiger partial charge on any atom is 0.252 e. The van der Waals surface area contributed by atoms with E-state index >= 15 is 0 Å². The van der Waals surface area contributed by atoms with Crippen LogP contribution >= 0.6 is 0 Å². The molecule has 3 N–H and O–H groups in total. The molecule has 3 nitrogen and oxygen atoms in total. The summed E-state index contributed by atoms with van der Waals surface area (Å²) in [7, 11) is 0. The van der Waals surface area contributed by atoms with Crippen LogP contribution in [0.3, 0.4) is 0 Å². The largest absolute Gasteiger partial charge is 0.352 e. The molecule has 1 aromatic carbocycles. The first-order valence-corrected chi connectivity index (χ1v) is 7.03. The Kier molecular flexibility index (Phi) is 6.27. The minimum absolute atomic E-state index is 0.0671. The third kappa shape index (κ3) is 4.71. The lowest BCUT2D eigenvalue weighted by Gasteiger charge is -2.16. The molecule has 0 saturated carbocycles. The van der Waals surface area contributed by atoms with Gasteiger partial charge >= 0.3 is 0 Å². The molecule has 20 heavy (non-hydrogen) atoms. The van der Waals surface area contributed by atoms with E-state index in [0.717, 1.165) is 11.1 Å². The molecule has 0 saturated heterocycles. The number of nitrogens with two attached hydrogens (primary N) is 1. The first-order valence-electron chi connectivity index (χ1n) is 7.03. The number of aryl methyl sites for hydroxylation is 1. The van der Waals surface area contributed by atoms with E-state index in [1.807, 2.05) is 25.1 Å². The average Bonchev–Trinajstić information content (AvgIpc) is 2.42. The van der Waals surface area contributed by atoms with E-state index in [9.17, 15) is 4.79 Å². The normalized spacial score (nSPS) is 11.7. The summed E-state index contributed by atoms with van der Waals surface area (Å²) in [6.07, 6.45) is 0. The van der Waals surface area contributed by atoms with Gasteiger partial charge in [0, 0.05) is 12.1 Å². The van der Waals surface area contributed by atoms with E-state index in [-0.39, 0.29) is 5.91 Å². The van der Waals surface area contributed by atoms with Crippen molar-refractivity contribution < 1.29 is 4.79 Å². The number of carbonyl (C=O) groups is 1.